The number of carbonyl (C=O) groups is 1. The van der Waals surface area contributed by atoms with Gasteiger partial charge in [-0.15, -0.1) is 0 Å². The number of nitrogens with zero attached hydrogens (tertiary/aromatic N) is 3. The van der Waals surface area contributed by atoms with Gasteiger partial charge in [0.2, 0.25) is 5.91 Å². The van der Waals surface area contributed by atoms with Crippen LogP contribution in [0.25, 0.3) is 11.0 Å². The van der Waals surface area contributed by atoms with Gasteiger partial charge in [0.25, 0.3) is 5.56 Å². The van der Waals surface area contributed by atoms with E-state index in [0.29, 0.717) is 25.2 Å². The highest BCUT2D eigenvalue weighted by atomic mass is 16.2. The van der Waals surface area contributed by atoms with Crippen LogP contribution < -0.4 is 10.5 Å². The molecular weight excluding hydrogens is 398 g/mol. The molecule has 0 radical (unpaired) electrons. The Morgan fingerprint density at radius 2 is 1.62 bits per heavy atom. The number of hydrogen-bond donors (Lipinski definition) is 0. The molecule has 0 N–H and O–H groups in total. The molecule has 4 aromatic rings. The Morgan fingerprint density at radius 3 is 2.50 bits per heavy atom. The summed E-state index contributed by atoms with van der Waals surface area (Å²) in [5, 5.41) is 0. The van der Waals surface area contributed by atoms with E-state index in [1.54, 1.807) is 4.57 Å². The number of aryl methyl sites for hydroxylation is 3. The van der Waals surface area contributed by atoms with E-state index in [1.165, 1.54) is 11.1 Å². The lowest BCUT2D eigenvalue weighted by atomic mass is 10.1. The summed E-state index contributed by atoms with van der Waals surface area (Å²) in [5.41, 5.74) is 5.35. The molecule has 0 aliphatic carbocycles. The second-order valence-electron chi connectivity index (χ2n) is 8.16. The summed E-state index contributed by atoms with van der Waals surface area (Å²) in [5.74, 6) is 0.0418. The normalized spacial score (nSPS) is 12.8. The third-order valence-corrected chi connectivity index (χ3v) is 6.15. The summed E-state index contributed by atoms with van der Waals surface area (Å²) in [7, 11) is 0. The van der Waals surface area contributed by atoms with E-state index in [9.17, 15) is 9.59 Å². The number of benzene rings is 3. The highest BCUT2D eigenvalue weighted by Crippen LogP contribution is 2.28. The summed E-state index contributed by atoms with van der Waals surface area (Å²) < 4.78 is 1.81. The van der Waals surface area contributed by atoms with Crippen LogP contribution in [0.3, 0.4) is 0 Å². The van der Waals surface area contributed by atoms with Crippen LogP contribution in [0.1, 0.15) is 23.2 Å². The van der Waals surface area contributed by atoms with Crippen molar-refractivity contribution in [3.05, 3.63) is 106 Å². The Labute approximate surface area is 187 Å². The summed E-state index contributed by atoms with van der Waals surface area (Å²) in [6, 6.07) is 25.9. The monoisotopic (exact) mass is 423 g/mol. The predicted molar refractivity (Wildman–Crippen MR) is 127 cm³/mol. The van der Waals surface area contributed by atoms with Gasteiger partial charge < -0.3 is 9.47 Å². The molecule has 0 fully saturated rings. The van der Waals surface area contributed by atoms with Crippen LogP contribution in [-0.2, 0) is 30.6 Å². The minimum Gasteiger partial charge on any atom is -0.312 e. The first kappa shape index (κ1) is 20.2. The van der Waals surface area contributed by atoms with Crippen molar-refractivity contribution in [1.82, 2.24) is 9.55 Å². The molecule has 5 heteroatoms. The standard InChI is InChI=1S/C27H25N3O2/c31-26(29-19-17-21-10-4-6-12-24(21)29)15-14-23-27(32)30(18-16-20-8-2-1-3-9-20)25-13-7-5-11-22(25)28-23/h1-13H,14-19H2. The van der Waals surface area contributed by atoms with E-state index >= 15 is 0 Å². The molecular formula is C27H25N3O2. The van der Waals surface area contributed by atoms with E-state index in [1.807, 2.05) is 65.6 Å². The predicted octanol–water partition coefficient (Wildman–Crippen LogP) is 4.16. The van der Waals surface area contributed by atoms with Crippen molar-refractivity contribution in [1.29, 1.82) is 0 Å². The Kier molecular flexibility index (Phi) is 5.55. The van der Waals surface area contributed by atoms with E-state index in [4.69, 9.17) is 0 Å². The maximum absolute atomic E-state index is 13.3. The maximum Gasteiger partial charge on any atom is 0.272 e. The van der Waals surface area contributed by atoms with Crippen LogP contribution in [0.4, 0.5) is 5.69 Å². The van der Waals surface area contributed by atoms with E-state index in [-0.39, 0.29) is 17.9 Å². The van der Waals surface area contributed by atoms with Crippen LogP contribution >= 0.6 is 0 Å². The first-order valence-electron chi connectivity index (χ1n) is 11.1. The summed E-state index contributed by atoms with van der Waals surface area (Å²) >= 11 is 0. The minimum absolute atomic E-state index is 0.0418. The van der Waals surface area contributed by atoms with Gasteiger partial charge in [0, 0.05) is 31.6 Å². The van der Waals surface area contributed by atoms with Gasteiger partial charge in [0.15, 0.2) is 0 Å². The third kappa shape index (κ3) is 3.94. The Morgan fingerprint density at radius 1 is 0.875 bits per heavy atom. The Hall–Kier alpha value is -3.73. The SMILES string of the molecule is O=C(CCc1nc2ccccc2n(CCc2ccccc2)c1=O)N1CCc2ccccc21. The molecule has 1 aromatic heterocycles. The topological polar surface area (TPSA) is 55.2 Å². The van der Waals surface area contributed by atoms with Crippen molar-refractivity contribution in [3.63, 3.8) is 0 Å². The number of aromatic nitrogens is 2. The molecule has 0 spiro atoms. The van der Waals surface area contributed by atoms with Gasteiger partial charge in [-0.3, -0.25) is 9.59 Å². The van der Waals surface area contributed by atoms with Gasteiger partial charge in [-0.2, -0.15) is 0 Å². The van der Waals surface area contributed by atoms with Crippen molar-refractivity contribution in [2.45, 2.75) is 32.2 Å². The quantitative estimate of drug-likeness (QED) is 0.468. The molecule has 1 aliphatic rings. The fourth-order valence-corrected chi connectivity index (χ4v) is 4.47. The zero-order valence-corrected chi connectivity index (χ0v) is 17.9. The number of fused-ring (bicyclic) bond motifs is 2. The smallest absolute Gasteiger partial charge is 0.272 e. The fourth-order valence-electron chi connectivity index (χ4n) is 4.47. The van der Waals surface area contributed by atoms with Crippen molar-refractivity contribution >= 4 is 22.6 Å². The fraction of sp³-hybridized carbons (Fsp3) is 0.222. The largest absolute Gasteiger partial charge is 0.312 e. The number of anilines is 1. The molecule has 0 unspecified atom stereocenters. The molecule has 5 rings (SSSR count). The van der Waals surface area contributed by atoms with E-state index in [2.05, 4.69) is 23.2 Å². The molecule has 1 amide bonds. The molecule has 3 aromatic carbocycles. The van der Waals surface area contributed by atoms with Crippen LogP contribution in [0.15, 0.2) is 83.7 Å². The van der Waals surface area contributed by atoms with Crippen molar-refractivity contribution < 1.29 is 4.79 Å². The van der Waals surface area contributed by atoms with E-state index < -0.39 is 0 Å². The van der Waals surface area contributed by atoms with Gasteiger partial charge in [-0.05, 0) is 42.2 Å². The molecule has 0 atom stereocenters. The molecule has 0 saturated heterocycles. The van der Waals surface area contributed by atoms with Gasteiger partial charge in [-0.25, -0.2) is 4.98 Å². The summed E-state index contributed by atoms with van der Waals surface area (Å²) in [6.45, 7) is 1.27. The van der Waals surface area contributed by atoms with E-state index in [0.717, 1.165) is 29.6 Å². The van der Waals surface area contributed by atoms with Crippen molar-refractivity contribution in [3.8, 4) is 0 Å². The van der Waals surface area contributed by atoms with Crippen molar-refractivity contribution in [2.75, 3.05) is 11.4 Å². The molecule has 2 heterocycles. The van der Waals surface area contributed by atoms with Gasteiger partial charge >= 0.3 is 0 Å². The molecule has 1 aliphatic heterocycles. The molecule has 0 bridgehead atoms. The zero-order valence-electron chi connectivity index (χ0n) is 17.9. The highest BCUT2D eigenvalue weighted by Gasteiger charge is 2.24. The maximum atomic E-state index is 13.3. The van der Waals surface area contributed by atoms with Crippen LogP contribution in [0.2, 0.25) is 0 Å². The number of para-hydroxylation sites is 3. The van der Waals surface area contributed by atoms with Crippen LogP contribution in [0, 0.1) is 0 Å². The molecule has 0 saturated carbocycles. The van der Waals surface area contributed by atoms with Gasteiger partial charge in [-0.1, -0.05) is 60.7 Å². The average Bonchev–Trinajstić information content (AvgIpc) is 3.27. The summed E-state index contributed by atoms with van der Waals surface area (Å²) in [4.78, 5) is 32.7. The number of amides is 1. The second kappa shape index (κ2) is 8.79. The lowest BCUT2D eigenvalue weighted by Gasteiger charge is -2.17. The number of hydrogen-bond acceptors (Lipinski definition) is 3. The lowest BCUT2D eigenvalue weighted by molar-refractivity contribution is -0.118. The first-order chi connectivity index (χ1) is 15.7. The lowest BCUT2D eigenvalue weighted by Crippen LogP contribution is -2.31. The second-order valence-corrected chi connectivity index (χ2v) is 8.16. The van der Waals surface area contributed by atoms with Gasteiger partial charge in [0.1, 0.15) is 5.69 Å². The molecule has 5 nitrogen and oxygen atoms in total. The zero-order chi connectivity index (χ0) is 21.9. The molecule has 160 valence electrons. The Bertz CT molecular complexity index is 1330. The highest BCUT2D eigenvalue weighted by molar-refractivity contribution is 5.95. The average molecular weight is 424 g/mol. The van der Waals surface area contributed by atoms with Gasteiger partial charge in [0.05, 0.1) is 11.0 Å². The van der Waals surface area contributed by atoms with Crippen LogP contribution in [-0.4, -0.2) is 22.0 Å². The minimum atomic E-state index is -0.103. The number of rotatable bonds is 6. The van der Waals surface area contributed by atoms with Crippen LogP contribution in [0.5, 0.6) is 0 Å². The third-order valence-electron chi connectivity index (χ3n) is 6.15. The number of carbonyl (C=O) groups excluding carboxylic acids is 1. The van der Waals surface area contributed by atoms with Crippen molar-refractivity contribution in [2.24, 2.45) is 0 Å². The molecule has 32 heavy (non-hydrogen) atoms. The summed E-state index contributed by atoms with van der Waals surface area (Å²) in [6.07, 6.45) is 2.25. The Balaban J connectivity index is 1.39. The first-order valence-corrected chi connectivity index (χ1v) is 11.1.